The lowest BCUT2D eigenvalue weighted by Gasteiger charge is -2.22. The maximum Gasteiger partial charge on any atom is 0.196 e. The van der Waals surface area contributed by atoms with Gasteiger partial charge in [-0.15, -0.1) is 11.3 Å². The second kappa shape index (κ2) is 5.95. The van der Waals surface area contributed by atoms with Crippen molar-refractivity contribution in [3.63, 3.8) is 0 Å². The first-order valence-electron chi connectivity index (χ1n) is 6.94. The van der Waals surface area contributed by atoms with Gasteiger partial charge in [0.25, 0.3) is 0 Å². The maximum atomic E-state index is 5.49. The van der Waals surface area contributed by atoms with Gasteiger partial charge in [-0.2, -0.15) is 5.10 Å². The summed E-state index contributed by atoms with van der Waals surface area (Å²) in [6, 6.07) is 14.6. The number of thiophene rings is 1. The minimum atomic E-state index is 0.200. The Labute approximate surface area is 133 Å². The molecular weight excluding hydrogens is 298 g/mol. The third kappa shape index (κ3) is 2.71. The predicted octanol–water partition coefficient (Wildman–Crippen LogP) is 4.91. The molecule has 0 spiro atoms. The summed E-state index contributed by atoms with van der Waals surface area (Å²) in [7, 11) is 0. The van der Waals surface area contributed by atoms with E-state index in [1.54, 1.807) is 11.3 Å². The summed E-state index contributed by atoms with van der Waals surface area (Å²) in [5.74, 6) is 1.32. The molecule has 0 bridgehead atoms. The number of H-pyrrole nitrogens is 1. The largest absolute Gasteiger partial charge is 0.291 e. The van der Waals surface area contributed by atoms with E-state index in [1.165, 1.54) is 4.88 Å². The molecule has 1 aromatic carbocycles. The Bertz CT molecular complexity index is 754. The van der Waals surface area contributed by atoms with Crippen molar-refractivity contribution < 1.29 is 0 Å². The summed E-state index contributed by atoms with van der Waals surface area (Å²) in [6.45, 7) is 4.43. The van der Waals surface area contributed by atoms with Crippen molar-refractivity contribution in [3.8, 4) is 11.4 Å². The Kier molecular flexibility index (Phi) is 4.03. The van der Waals surface area contributed by atoms with Crippen LogP contribution in [0.5, 0.6) is 0 Å². The molecule has 5 heteroatoms. The number of aromatic amines is 1. The number of hydrogen-bond donors (Lipinski definition) is 1. The van der Waals surface area contributed by atoms with Crippen LogP contribution in [0.1, 0.15) is 24.8 Å². The molecule has 0 saturated carbocycles. The van der Waals surface area contributed by atoms with Gasteiger partial charge >= 0.3 is 0 Å². The van der Waals surface area contributed by atoms with Crippen LogP contribution in [0, 0.1) is 10.7 Å². The molecule has 3 nitrogen and oxygen atoms in total. The summed E-state index contributed by atoms with van der Waals surface area (Å²) in [5.41, 5.74) is 1.08. The van der Waals surface area contributed by atoms with Crippen molar-refractivity contribution in [2.75, 3.05) is 0 Å². The third-order valence-corrected chi connectivity index (χ3v) is 4.71. The molecule has 0 radical (unpaired) electrons. The van der Waals surface area contributed by atoms with E-state index in [4.69, 9.17) is 12.2 Å². The van der Waals surface area contributed by atoms with Crippen LogP contribution >= 0.6 is 23.6 Å². The molecule has 3 rings (SSSR count). The van der Waals surface area contributed by atoms with Crippen LogP contribution in [0.3, 0.4) is 0 Å². The standard InChI is InChI=1S/C16H17N3S2/c1-11(2)14(13-9-6-10-21-13)19-15(17-18-16(19)20)12-7-4-3-5-8-12/h3-11,14H,1-2H3,(H,18,20). The number of benzene rings is 1. The van der Waals surface area contributed by atoms with E-state index in [2.05, 4.69) is 58.3 Å². The maximum absolute atomic E-state index is 5.49. The topological polar surface area (TPSA) is 33.6 Å². The second-order valence-corrected chi connectivity index (χ2v) is 6.66. The predicted molar refractivity (Wildman–Crippen MR) is 90.1 cm³/mol. The summed E-state index contributed by atoms with van der Waals surface area (Å²) in [5, 5.41) is 9.51. The average Bonchev–Trinajstić information content (AvgIpc) is 3.12. The van der Waals surface area contributed by atoms with Gasteiger partial charge in [0, 0.05) is 10.4 Å². The summed E-state index contributed by atoms with van der Waals surface area (Å²) in [6.07, 6.45) is 0. The third-order valence-electron chi connectivity index (χ3n) is 3.48. The lowest BCUT2D eigenvalue weighted by molar-refractivity contribution is 0.442. The molecule has 3 aromatic rings. The highest BCUT2D eigenvalue weighted by Gasteiger charge is 2.23. The molecule has 0 aliphatic rings. The molecule has 0 aliphatic heterocycles. The fraction of sp³-hybridized carbons (Fsp3) is 0.250. The van der Waals surface area contributed by atoms with Gasteiger partial charge in [-0.05, 0) is 29.6 Å². The Balaban J connectivity index is 2.18. The Hall–Kier alpha value is -1.72. The van der Waals surface area contributed by atoms with Gasteiger partial charge in [0.2, 0.25) is 0 Å². The molecule has 2 heterocycles. The molecular formula is C16H17N3S2. The summed E-state index contributed by atoms with van der Waals surface area (Å²) in [4.78, 5) is 1.31. The van der Waals surface area contributed by atoms with Gasteiger partial charge in [0.1, 0.15) is 0 Å². The van der Waals surface area contributed by atoms with Crippen molar-refractivity contribution in [2.24, 2.45) is 5.92 Å². The molecule has 0 saturated heterocycles. The van der Waals surface area contributed by atoms with Gasteiger partial charge in [-0.3, -0.25) is 9.67 Å². The number of hydrogen-bond acceptors (Lipinski definition) is 3. The van der Waals surface area contributed by atoms with E-state index in [1.807, 2.05) is 18.2 Å². The molecule has 0 amide bonds. The number of rotatable bonds is 4. The molecule has 2 aromatic heterocycles. The zero-order valence-corrected chi connectivity index (χ0v) is 13.6. The SMILES string of the molecule is CC(C)C(c1cccs1)n1c(-c2ccccc2)n[nH]c1=S. The number of nitrogens with one attached hydrogen (secondary N) is 1. The van der Waals surface area contributed by atoms with Crippen LogP contribution in [0.15, 0.2) is 47.8 Å². The molecule has 21 heavy (non-hydrogen) atoms. The fourth-order valence-corrected chi connectivity index (χ4v) is 3.80. The summed E-state index contributed by atoms with van der Waals surface area (Å²) >= 11 is 7.25. The lowest BCUT2D eigenvalue weighted by Crippen LogP contribution is -2.17. The van der Waals surface area contributed by atoms with E-state index in [9.17, 15) is 0 Å². The Morgan fingerprint density at radius 1 is 1.14 bits per heavy atom. The minimum absolute atomic E-state index is 0.200. The highest BCUT2D eigenvalue weighted by Crippen LogP contribution is 2.33. The molecule has 1 N–H and O–H groups in total. The van der Waals surface area contributed by atoms with Gasteiger partial charge < -0.3 is 0 Å². The van der Waals surface area contributed by atoms with Gasteiger partial charge in [-0.25, -0.2) is 0 Å². The highest BCUT2D eigenvalue weighted by molar-refractivity contribution is 7.71. The zero-order valence-electron chi connectivity index (χ0n) is 12.0. The van der Waals surface area contributed by atoms with E-state index in [0.29, 0.717) is 10.7 Å². The van der Waals surface area contributed by atoms with E-state index < -0.39 is 0 Å². The number of nitrogens with zero attached hydrogens (tertiary/aromatic N) is 2. The molecule has 1 unspecified atom stereocenters. The average molecular weight is 315 g/mol. The van der Waals surface area contributed by atoms with Crippen LogP contribution in [0.25, 0.3) is 11.4 Å². The first-order valence-corrected chi connectivity index (χ1v) is 8.23. The molecule has 0 aliphatic carbocycles. The van der Waals surface area contributed by atoms with Crippen LogP contribution in [0.4, 0.5) is 0 Å². The smallest absolute Gasteiger partial charge is 0.196 e. The normalized spacial score (nSPS) is 12.7. The van der Waals surface area contributed by atoms with Crippen molar-refractivity contribution >= 4 is 23.6 Å². The fourth-order valence-electron chi connectivity index (χ4n) is 2.57. The summed E-state index contributed by atoms with van der Waals surface area (Å²) < 4.78 is 2.81. The van der Waals surface area contributed by atoms with Crippen LogP contribution in [-0.4, -0.2) is 14.8 Å². The Morgan fingerprint density at radius 2 is 1.90 bits per heavy atom. The van der Waals surface area contributed by atoms with Crippen molar-refractivity contribution in [1.29, 1.82) is 0 Å². The van der Waals surface area contributed by atoms with Crippen LogP contribution < -0.4 is 0 Å². The van der Waals surface area contributed by atoms with Crippen LogP contribution in [0.2, 0.25) is 0 Å². The van der Waals surface area contributed by atoms with Gasteiger partial charge in [0.05, 0.1) is 6.04 Å². The second-order valence-electron chi connectivity index (χ2n) is 5.29. The lowest BCUT2D eigenvalue weighted by atomic mass is 10.0. The minimum Gasteiger partial charge on any atom is -0.291 e. The zero-order chi connectivity index (χ0) is 14.8. The van der Waals surface area contributed by atoms with E-state index in [-0.39, 0.29) is 6.04 Å². The van der Waals surface area contributed by atoms with E-state index in [0.717, 1.165) is 11.4 Å². The van der Waals surface area contributed by atoms with Gasteiger partial charge in [0.15, 0.2) is 10.6 Å². The quantitative estimate of drug-likeness (QED) is 0.694. The van der Waals surface area contributed by atoms with Crippen molar-refractivity contribution in [3.05, 3.63) is 57.5 Å². The Morgan fingerprint density at radius 3 is 2.52 bits per heavy atom. The monoisotopic (exact) mass is 315 g/mol. The molecule has 1 atom stereocenters. The number of aromatic nitrogens is 3. The first-order chi connectivity index (χ1) is 10.2. The first kappa shape index (κ1) is 14.2. The van der Waals surface area contributed by atoms with Crippen LogP contribution in [-0.2, 0) is 0 Å². The molecule has 108 valence electrons. The van der Waals surface area contributed by atoms with E-state index >= 15 is 0 Å². The van der Waals surface area contributed by atoms with Crippen molar-refractivity contribution in [1.82, 2.24) is 14.8 Å². The van der Waals surface area contributed by atoms with Gasteiger partial charge in [-0.1, -0.05) is 50.2 Å². The highest BCUT2D eigenvalue weighted by atomic mass is 32.1. The van der Waals surface area contributed by atoms with Crippen molar-refractivity contribution in [2.45, 2.75) is 19.9 Å². The molecule has 0 fully saturated rings.